The molecule has 20 N–H and O–H groups in total. The monoisotopic (exact) mass is 1860 g/mol. The second kappa shape index (κ2) is 43.4. The number of carbonyl (C=O) groups is 8. The molecular formula is C103H99ClN26O8. The number of benzene rings is 8. The number of fused-ring (bicyclic) bond motifs is 1. The van der Waals surface area contributed by atoms with E-state index in [9.17, 15) is 43.6 Å². The molecule has 8 aromatic carbocycles. The minimum Gasteiger partial charge on any atom is -0.395 e. The molecule has 35 heteroatoms. The Morgan fingerprint density at radius 2 is 0.754 bits per heavy atom. The Labute approximate surface area is 799 Å². The molecular weight excluding hydrogens is 1760 g/mol. The van der Waals surface area contributed by atoms with Crippen molar-refractivity contribution < 1.29 is 38.4 Å². The number of amides is 12. The molecule has 0 spiro atoms. The van der Waals surface area contributed by atoms with Gasteiger partial charge in [-0.3, -0.25) is 37.9 Å². The molecule has 4 aromatic heterocycles. The van der Waals surface area contributed by atoms with E-state index in [4.69, 9.17) is 39.8 Å². The molecule has 12 amide bonds. The summed E-state index contributed by atoms with van der Waals surface area (Å²) in [5.41, 5.74) is 44.3. The lowest BCUT2D eigenvalue weighted by Crippen LogP contribution is -2.47. The van der Waals surface area contributed by atoms with Gasteiger partial charge in [-0.2, -0.15) is 30.9 Å². The number of nitrogens with one attached hydrogen (secondary N) is 12. The van der Waals surface area contributed by atoms with E-state index in [1.165, 1.54) is 22.3 Å². The summed E-state index contributed by atoms with van der Waals surface area (Å²) in [6, 6.07) is 63.3. The van der Waals surface area contributed by atoms with Crippen LogP contribution in [0.15, 0.2) is 344 Å². The first-order valence-electron chi connectivity index (χ1n) is 43.7. The number of hydrogen-bond acceptors (Lipinski definition) is 18. The van der Waals surface area contributed by atoms with E-state index in [1.54, 1.807) is 29.2 Å². The van der Waals surface area contributed by atoms with Gasteiger partial charge in [-0.1, -0.05) is 184 Å². The van der Waals surface area contributed by atoms with Gasteiger partial charge in [-0.25, -0.2) is 19.2 Å². The Kier molecular flexibility index (Phi) is 30.1. The molecule has 12 aromatic rings. The van der Waals surface area contributed by atoms with Gasteiger partial charge in [-0.05, 0) is 179 Å². The first kappa shape index (κ1) is 95.8. The average Bonchev–Trinajstić information content (AvgIpc) is 1.56. The molecule has 0 saturated carbocycles. The normalized spacial score (nSPS) is 14.6. The van der Waals surface area contributed by atoms with E-state index in [0.29, 0.717) is 24.2 Å². The Morgan fingerprint density at radius 3 is 1.15 bits per heavy atom. The molecule has 0 fully saturated rings. The molecule has 5 aliphatic rings. The van der Waals surface area contributed by atoms with Gasteiger partial charge < -0.3 is 86.7 Å². The first-order valence-corrected chi connectivity index (χ1v) is 44.1. The van der Waals surface area contributed by atoms with Crippen LogP contribution in [0.25, 0.3) is 50.1 Å². The van der Waals surface area contributed by atoms with Gasteiger partial charge in [0.25, 0.3) is 23.6 Å². The van der Waals surface area contributed by atoms with Gasteiger partial charge in [0, 0.05) is 65.2 Å². The van der Waals surface area contributed by atoms with Gasteiger partial charge >= 0.3 is 24.1 Å². The molecule has 34 nitrogen and oxygen atoms in total. The van der Waals surface area contributed by atoms with E-state index < -0.39 is 47.8 Å². The number of rotatable bonds is 26. The lowest BCUT2D eigenvalue weighted by molar-refractivity contribution is -0.119. The second-order valence-electron chi connectivity index (χ2n) is 32.8. The van der Waals surface area contributed by atoms with Crippen LogP contribution in [0, 0.1) is 22.7 Å². The molecule has 17 rings (SSSR count). The number of nitrogens with zero attached hydrogens (tertiary/aromatic N) is 10. The van der Waals surface area contributed by atoms with Crippen LogP contribution in [0.1, 0.15) is 119 Å². The quantitative estimate of drug-likeness (QED) is 0.0239. The van der Waals surface area contributed by atoms with Crippen LogP contribution in [-0.2, 0) is 58.2 Å². The summed E-state index contributed by atoms with van der Waals surface area (Å²) in [5, 5.41) is 67.9. The van der Waals surface area contributed by atoms with Crippen molar-refractivity contribution in [3.8, 4) is 56.6 Å². The molecule has 0 bridgehead atoms. The van der Waals surface area contributed by atoms with E-state index in [1.807, 2.05) is 237 Å². The van der Waals surface area contributed by atoms with Gasteiger partial charge in [0.1, 0.15) is 22.8 Å². The predicted molar refractivity (Wildman–Crippen MR) is 523 cm³/mol. The number of nitrogens with two attached hydrogens (primary N) is 4. The maximum absolute atomic E-state index is 12.7. The highest BCUT2D eigenvalue weighted by Crippen LogP contribution is 2.33. The highest BCUT2D eigenvalue weighted by atomic mass is 35.5. The van der Waals surface area contributed by atoms with E-state index >= 15 is 0 Å². The van der Waals surface area contributed by atoms with Crippen molar-refractivity contribution in [2.45, 2.75) is 97.3 Å². The number of nitriles is 2. The van der Waals surface area contributed by atoms with Crippen LogP contribution < -0.4 is 86.7 Å². The largest absolute Gasteiger partial charge is 0.395 e. The molecule has 0 radical (unpaired) electrons. The lowest BCUT2D eigenvalue weighted by Gasteiger charge is -2.22. The van der Waals surface area contributed by atoms with Crippen LogP contribution >= 0.6 is 11.6 Å². The summed E-state index contributed by atoms with van der Waals surface area (Å²) in [4.78, 5) is 97.5. The smallest absolute Gasteiger partial charge is 0.323 e. The number of urea groups is 4. The van der Waals surface area contributed by atoms with Crippen molar-refractivity contribution in [1.82, 2.24) is 103 Å². The molecule has 4 atom stereocenters. The van der Waals surface area contributed by atoms with Gasteiger partial charge in [0.15, 0.2) is 0 Å². The van der Waals surface area contributed by atoms with Crippen LogP contribution in [0.5, 0.6) is 0 Å². The Bertz CT molecular complexity index is 7110. The number of hydrogen-bond donors (Lipinski definition) is 16. The van der Waals surface area contributed by atoms with Crippen molar-refractivity contribution in [3.05, 3.63) is 411 Å². The summed E-state index contributed by atoms with van der Waals surface area (Å²) in [6.45, 7) is 24.6. The third kappa shape index (κ3) is 23.9. The van der Waals surface area contributed by atoms with Gasteiger partial charge in [0.2, 0.25) is 0 Å². The molecule has 4 aliphatic heterocycles. The summed E-state index contributed by atoms with van der Waals surface area (Å²) >= 11 is 5.95. The molecule has 0 saturated heterocycles. The minimum atomic E-state index is -0.562. The standard InChI is InChI=1S/C28H28N6O2.C25H25ClN6O2.2C25H23N7O2/c1-17(31-27(35)26-25(29)18(2)32-28(36)33-26)21-7-5-8-22(14-21)23-15-30-34(16-23)13-12-20-11-10-19-6-3-4-9-24(19)20;1-15(29-24(33)23-22(27)16(2)30-25(34)31-23)18-4-3-5-19(12-18)20-13-28-32(14-20)11-10-17-6-8-21(26)9-7-17;1-15(29-24(33)23-22(27)16(2)30-25(34)31-23)19-7-4-8-20(10-19)21-12-28-32(14-21)13-18-6-3-5-17(9-18)11-26;1-15(29-24(33)23-22(27)16(2)30-25(34)31-23)17-8-5-9-18(10-17)21-12-28-32(14-21)13-20-7-4-3-6-19(20)11-26/h3-9,11,14-17H,2,10,12-13,29H2,1H3,(H,31,35)(H2,32,33,36);3-9,12-15H,2,10-11,27H2,1H3,(H,29,33)(H2,30,31,34);2*3-10,12,14-15H,2,13,27H2,1H3,(H,29,33)(H2,30,31,34)/t17-;3*15-/m1111/s1. The lowest BCUT2D eigenvalue weighted by atomic mass is 10.0. The summed E-state index contributed by atoms with van der Waals surface area (Å²) in [7, 11) is 0. The number of allylic oxidation sites excluding steroid dienone is 2. The molecule has 696 valence electrons. The Hall–Kier alpha value is -18.3. The van der Waals surface area contributed by atoms with Crippen molar-refractivity contribution in [2.75, 3.05) is 0 Å². The fraction of sp³-hybridized carbons (Fsp3) is 0.146. The Morgan fingerprint density at radius 1 is 0.399 bits per heavy atom. The van der Waals surface area contributed by atoms with Gasteiger partial charge in [-0.15, -0.1) is 0 Å². The van der Waals surface area contributed by atoms with E-state index in [2.05, 4.69) is 153 Å². The number of carbonyl (C=O) groups excluding carboxylic acids is 8. The fourth-order valence-corrected chi connectivity index (χ4v) is 15.5. The fourth-order valence-electron chi connectivity index (χ4n) is 15.4. The minimum absolute atomic E-state index is 0.00645. The zero-order chi connectivity index (χ0) is 98.0. The molecule has 138 heavy (non-hydrogen) atoms. The SMILES string of the molecule is C=C1NC(=O)NC(C(=O)N[C@H](C)c2cccc(-c3cnn(CCC4=CCc5ccccc54)c3)c2)=C1N.C=C1NC(=O)NC(C(=O)N[C@H](C)c2cccc(-c3cnn(CCc4ccc(Cl)cc4)c3)c2)=C1N.C=C1NC(=O)NC(C(=O)N[C@H](C)c2cccc(-c3cnn(Cc4cccc(C#N)c4)c3)c2)=C1N.C=C1NC(=O)NC(C(=O)N[C@H](C)c2cccc(-c3cnn(Cc4ccccc4C#N)c3)c2)=C1N. The van der Waals surface area contributed by atoms with Gasteiger partial charge in [0.05, 0.1) is 131 Å². The van der Waals surface area contributed by atoms with E-state index in [0.717, 1.165) is 115 Å². The molecule has 1 aliphatic carbocycles. The van der Waals surface area contributed by atoms with Crippen molar-refractivity contribution in [1.29, 1.82) is 10.5 Å². The van der Waals surface area contributed by atoms with Crippen LogP contribution in [-0.4, -0.2) is 86.9 Å². The molecule has 0 unspecified atom stereocenters. The number of halogens is 1. The number of aryl methyl sites for hydroxylation is 3. The number of aromatic nitrogens is 8. The topological polar surface area (TPSA) is 504 Å². The average molecular weight is 1860 g/mol. The zero-order valence-electron chi connectivity index (χ0n) is 75.7. The van der Waals surface area contributed by atoms with Crippen molar-refractivity contribution >= 4 is 64.9 Å². The van der Waals surface area contributed by atoms with Crippen LogP contribution in [0.4, 0.5) is 19.2 Å². The third-order valence-corrected chi connectivity index (χ3v) is 23.3. The Balaban J connectivity index is 0.000000147. The third-order valence-electron chi connectivity index (χ3n) is 23.1. The summed E-state index contributed by atoms with van der Waals surface area (Å²) in [6.07, 6.45) is 20.2. The van der Waals surface area contributed by atoms with Crippen molar-refractivity contribution in [3.63, 3.8) is 0 Å². The van der Waals surface area contributed by atoms with Crippen molar-refractivity contribution in [2.24, 2.45) is 22.9 Å². The van der Waals surface area contributed by atoms with Crippen LogP contribution in [0.3, 0.4) is 0 Å². The maximum atomic E-state index is 12.7. The first-order chi connectivity index (χ1) is 66.4. The highest BCUT2D eigenvalue weighted by molar-refractivity contribution is 6.30. The molecule has 8 heterocycles. The predicted octanol–water partition coefficient (Wildman–Crippen LogP) is 12.7. The maximum Gasteiger partial charge on any atom is 0.323 e. The highest BCUT2D eigenvalue weighted by Gasteiger charge is 2.31. The summed E-state index contributed by atoms with van der Waals surface area (Å²) < 4.78 is 7.47. The van der Waals surface area contributed by atoms with E-state index in [-0.39, 0.29) is 92.5 Å². The van der Waals surface area contributed by atoms with Crippen LogP contribution in [0.2, 0.25) is 5.02 Å². The summed E-state index contributed by atoms with van der Waals surface area (Å²) in [5.74, 6) is -1.97. The second-order valence-corrected chi connectivity index (χ2v) is 33.2. The zero-order valence-corrected chi connectivity index (χ0v) is 76.4.